The standard InChI is InChI=1S/C25H42O3/c1-17(2)13-11-10-12-14-18(3)23(27)28-19-15-20(24(4,5)6)22(26)21(16-19)25(7,8)9/h15-18,26H,10-14H2,1-9H3. The minimum absolute atomic E-state index is 0.121. The van der Waals surface area contributed by atoms with Crippen LogP contribution >= 0.6 is 0 Å². The van der Waals surface area contributed by atoms with Crippen LogP contribution in [0.1, 0.15) is 106 Å². The number of ether oxygens (including phenoxy) is 1. The van der Waals surface area contributed by atoms with Gasteiger partial charge in [0.25, 0.3) is 0 Å². The van der Waals surface area contributed by atoms with Gasteiger partial charge < -0.3 is 9.84 Å². The van der Waals surface area contributed by atoms with E-state index in [9.17, 15) is 9.90 Å². The lowest BCUT2D eigenvalue weighted by molar-refractivity contribution is -0.138. The van der Waals surface area contributed by atoms with Gasteiger partial charge in [-0.2, -0.15) is 0 Å². The van der Waals surface area contributed by atoms with Gasteiger partial charge in [0.2, 0.25) is 0 Å². The molecule has 0 fully saturated rings. The van der Waals surface area contributed by atoms with Gasteiger partial charge in [-0.25, -0.2) is 0 Å². The number of carbonyl (C=O) groups excluding carboxylic acids is 1. The van der Waals surface area contributed by atoms with E-state index >= 15 is 0 Å². The van der Waals surface area contributed by atoms with Crippen molar-refractivity contribution < 1.29 is 14.6 Å². The highest BCUT2D eigenvalue weighted by molar-refractivity contribution is 5.75. The maximum Gasteiger partial charge on any atom is 0.314 e. The van der Waals surface area contributed by atoms with E-state index in [1.807, 2.05) is 19.1 Å². The van der Waals surface area contributed by atoms with Gasteiger partial charge >= 0.3 is 5.97 Å². The maximum absolute atomic E-state index is 12.6. The lowest BCUT2D eigenvalue weighted by Gasteiger charge is -2.28. The largest absolute Gasteiger partial charge is 0.507 e. The van der Waals surface area contributed by atoms with Crippen LogP contribution in [0, 0.1) is 11.8 Å². The average molecular weight is 391 g/mol. The molecule has 0 amide bonds. The number of hydrogen-bond acceptors (Lipinski definition) is 3. The maximum atomic E-state index is 12.6. The first-order valence-corrected chi connectivity index (χ1v) is 10.8. The first-order valence-electron chi connectivity index (χ1n) is 10.8. The number of phenolic OH excluding ortho intramolecular Hbond substituents is 1. The summed E-state index contributed by atoms with van der Waals surface area (Å²) in [5.74, 6) is 1.27. The van der Waals surface area contributed by atoms with Crippen LogP contribution in [0.2, 0.25) is 0 Å². The van der Waals surface area contributed by atoms with Crippen molar-refractivity contribution in [1.82, 2.24) is 0 Å². The predicted molar refractivity (Wildman–Crippen MR) is 118 cm³/mol. The molecule has 28 heavy (non-hydrogen) atoms. The van der Waals surface area contributed by atoms with Crippen LogP contribution in [-0.2, 0) is 15.6 Å². The monoisotopic (exact) mass is 390 g/mol. The van der Waals surface area contributed by atoms with Crippen molar-refractivity contribution in [2.24, 2.45) is 11.8 Å². The number of hydrogen-bond donors (Lipinski definition) is 1. The highest BCUT2D eigenvalue weighted by Crippen LogP contribution is 2.41. The number of aromatic hydroxyl groups is 1. The van der Waals surface area contributed by atoms with Gasteiger partial charge in [0.15, 0.2) is 0 Å². The summed E-state index contributed by atoms with van der Waals surface area (Å²) in [6.07, 6.45) is 5.54. The summed E-state index contributed by atoms with van der Waals surface area (Å²) in [6, 6.07) is 3.63. The number of rotatable bonds is 8. The smallest absolute Gasteiger partial charge is 0.314 e. The fourth-order valence-electron chi connectivity index (χ4n) is 3.32. The summed E-state index contributed by atoms with van der Waals surface area (Å²) >= 11 is 0. The Morgan fingerprint density at radius 3 is 1.79 bits per heavy atom. The van der Waals surface area contributed by atoms with Crippen LogP contribution in [0.3, 0.4) is 0 Å². The summed E-state index contributed by atoms with van der Waals surface area (Å²) in [4.78, 5) is 12.6. The number of benzene rings is 1. The van der Waals surface area contributed by atoms with E-state index in [0.29, 0.717) is 11.5 Å². The van der Waals surface area contributed by atoms with Gasteiger partial charge in [-0.1, -0.05) is 88.0 Å². The fourth-order valence-corrected chi connectivity index (χ4v) is 3.32. The summed E-state index contributed by atoms with van der Waals surface area (Å²) in [6.45, 7) is 18.8. The van der Waals surface area contributed by atoms with Gasteiger partial charge in [0.05, 0.1) is 5.92 Å². The van der Waals surface area contributed by atoms with Gasteiger partial charge in [0, 0.05) is 11.1 Å². The second-order valence-electron chi connectivity index (χ2n) is 10.7. The zero-order valence-corrected chi connectivity index (χ0v) is 19.6. The number of unbranched alkanes of at least 4 members (excludes halogenated alkanes) is 2. The third-order valence-corrected chi connectivity index (χ3v) is 5.24. The Kier molecular flexibility index (Phi) is 8.59. The van der Waals surface area contributed by atoms with Crippen molar-refractivity contribution >= 4 is 5.97 Å². The van der Waals surface area contributed by atoms with E-state index in [1.165, 1.54) is 12.8 Å². The van der Waals surface area contributed by atoms with Crippen molar-refractivity contribution in [1.29, 1.82) is 0 Å². The zero-order chi connectivity index (χ0) is 21.7. The van der Waals surface area contributed by atoms with Crippen LogP contribution in [0.5, 0.6) is 11.5 Å². The SMILES string of the molecule is CC(C)CCCCCC(C)C(=O)Oc1cc(C(C)(C)C)c(O)c(C(C)(C)C)c1. The molecule has 1 N–H and O–H groups in total. The van der Waals surface area contributed by atoms with E-state index in [4.69, 9.17) is 4.74 Å². The van der Waals surface area contributed by atoms with Gasteiger partial charge in [-0.15, -0.1) is 0 Å². The Balaban J connectivity index is 2.88. The quantitative estimate of drug-likeness (QED) is 0.291. The van der Waals surface area contributed by atoms with Crippen LogP contribution < -0.4 is 4.74 Å². The molecule has 0 aliphatic carbocycles. The molecule has 0 aliphatic heterocycles. The minimum atomic E-state index is -0.242. The summed E-state index contributed by atoms with van der Waals surface area (Å²) < 4.78 is 5.75. The molecule has 1 unspecified atom stereocenters. The molecule has 1 rings (SSSR count). The molecule has 0 heterocycles. The molecule has 3 heteroatoms. The minimum Gasteiger partial charge on any atom is -0.507 e. The van der Waals surface area contributed by atoms with Crippen molar-refractivity contribution in [2.45, 2.75) is 105 Å². The molecule has 0 saturated heterocycles. The van der Waals surface area contributed by atoms with E-state index in [2.05, 4.69) is 55.4 Å². The van der Waals surface area contributed by atoms with Crippen LogP contribution in [0.25, 0.3) is 0 Å². The van der Waals surface area contributed by atoms with Crippen LogP contribution in [0.4, 0.5) is 0 Å². The van der Waals surface area contributed by atoms with Gasteiger partial charge in [-0.05, 0) is 35.3 Å². The Morgan fingerprint density at radius 2 is 1.36 bits per heavy atom. The fraction of sp³-hybridized carbons (Fsp3) is 0.720. The van der Waals surface area contributed by atoms with Crippen LogP contribution in [-0.4, -0.2) is 11.1 Å². The molecule has 0 spiro atoms. The molecule has 0 saturated carbocycles. The van der Waals surface area contributed by atoms with Crippen molar-refractivity contribution in [2.75, 3.05) is 0 Å². The molecule has 1 aromatic carbocycles. The summed E-state index contributed by atoms with van der Waals surface area (Å²) in [5, 5.41) is 10.8. The Hall–Kier alpha value is -1.51. The first-order chi connectivity index (χ1) is 12.7. The van der Waals surface area contributed by atoms with E-state index in [0.717, 1.165) is 36.3 Å². The molecule has 0 bridgehead atoms. The molecular weight excluding hydrogens is 348 g/mol. The second-order valence-corrected chi connectivity index (χ2v) is 10.7. The Labute approximate surface area is 172 Å². The second kappa shape index (κ2) is 9.80. The molecular formula is C25H42O3. The molecule has 0 radical (unpaired) electrons. The summed E-state index contributed by atoms with van der Waals surface area (Å²) in [5.41, 5.74) is 1.14. The lowest BCUT2D eigenvalue weighted by atomic mass is 9.79. The first kappa shape index (κ1) is 24.5. The molecule has 160 valence electrons. The van der Waals surface area contributed by atoms with E-state index < -0.39 is 0 Å². The van der Waals surface area contributed by atoms with Crippen molar-refractivity contribution in [3.05, 3.63) is 23.3 Å². The van der Waals surface area contributed by atoms with Gasteiger partial charge in [0.1, 0.15) is 11.5 Å². The van der Waals surface area contributed by atoms with E-state index in [-0.39, 0.29) is 22.7 Å². The highest BCUT2D eigenvalue weighted by Gasteiger charge is 2.28. The predicted octanol–water partition coefficient (Wildman–Crippen LogP) is 7.14. The zero-order valence-electron chi connectivity index (χ0n) is 19.6. The number of esters is 1. The molecule has 3 nitrogen and oxygen atoms in total. The number of carbonyl (C=O) groups is 1. The average Bonchev–Trinajstić information content (AvgIpc) is 2.53. The lowest BCUT2D eigenvalue weighted by Crippen LogP contribution is -2.21. The van der Waals surface area contributed by atoms with Crippen molar-refractivity contribution in [3.63, 3.8) is 0 Å². The Bertz CT molecular complexity index is 610. The topological polar surface area (TPSA) is 46.5 Å². The third kappa shape index (κ3) is 7.48. The summed E-state index contributed by atoms with van der Waals surface area (Å²) in [7, 11) is 0. The third-order valence-electron chi connectivity index (χ3n) is 5.24. The Morgan fingerprint density at radius 1 is 0.893 bits per heavy atom. The number of phenols is 1. The van der Waals surface area contributed by atoms with Crippen LogP contribution in [0.15, 0.2) is 12.1 Å². The molecule has 1 aromatic rings. The van der Waals surface area contributed by atoms with Gasteiger partial charge in [-0.3, -0.25) is 4.79 Å². The molecule has 0 aromatic heterocycles. The highest BCUT2D eigenvalue weighted by atomic mass is 16.5. The normalized spacial score (nSPS) is 13.6. The van der Waals surface area contributed by atoms with Crippen molar-refractivity contribution in [3.8, 4) is 11.5 Å². The molecule has 1 atom stereocenters. The molecule has 0 aliphatic rings. The van der Waals surface area contributed by atoms with E-state index in [1.54, 1.807) is 0 Å².